The van der Waals surface area contributed by atoms with E-state index in [2.05, 4.69) is 58.3 Å². The average molecular weight is 528 g/mol. The number of pyridine rings is 3. The Kier molecular flexibility index (Phi) is 5.68. The lowest BCUT2D eigenvalue weighted by atomic mass is 10.1. The van der Waals surface area contributed by atoms with Crippen molar-refractivity contribution in [2.45, 2.75) is 6.42 Å². The maximum absolute atomic E-state index is 12.6. The highest BCUT2D eigenvalue weighted by Crippen LogP contribution is 2.34. The number of aromatic nitrogens is 6. The molecule has 1 aromatic carbocycles. The summed E-state index contributed by atoms with van der Waals surface area (Å²) in [6, 6.07) is 19.8. The molecule has 0 aliphatic carbocycles. The number of amides is 1. The average Bonchev–Trinajstić information content (AvgIpc) is 3.73. The molecule has 3 N–H and O–H groups in total. The number of aromatic amines is 2. The van der Waals surface area contributed by atoms with Gasteiger partial charge in [0.25, 0.3) is 0 Å². The Morgan fingerprint density at radius 1 is 0.872 bits per heavy atom. The van der Waals surface area contributed by atoms with Gasteiger partial charge in [-0.25, -0.2) is 9.97 Å². The van der Waals surface area contributed by atoms with Gasteiger partial charge in [-0.3, -0.25) is 14.9 Å². The smallest absolute Gasteiger partial charge is 0.228 e. The molecule has 0 fully saturated rings. The number of hydrogen-bond acceptors (Lipinski definition) is 6. The molecule has 0 saturated heterocycles. The molecular weight excluding hydrogens is 506 g/mol. The van der Waals surface area contributed by atoms with Crippen LogP contribution in [0.2, 0.25) is 0 Å². The Morgan fingerprint density at radius 2 is 1.77 bits per heavy atom. The van der Waals surface area contributed by atoms with Gasteiger partial charge < -0.3 is 10.3 Å². The van der Waals surface area contributed by atoms with Crippen molar-refractivity contribution < 1.29 is 4.79 Å². The van der Waals surface area contributed by atoms with Gasteiger partial charge in [-0.05, 0) is 57.8 Å². The highest BCUT2D eigenvalue weighted by atomic mass is 32.1. The zero-order valence-electron chi connectivity index (χ0n) is 20.6. The highest BCUT2D eigenvalue weighted by Gasteiger charge is 2.16. The summed E-state index contributed by atoms with van der Waals surface area (Å²) in [5, 5.41) is 16.7. The molecular formula is C30H21N7OS. The fourth-order valence-corrected chi connectivity index (χ4v) is 5.40. The minimum Gasteiger partial charge on any atom is -0.338 e. The maximum Gasteiger partial charge on any atom is 0.228 e. The number of nitrogens with one attached hydrogen (secondary N) is 3. The largest absolute Gasteiger partial charge is 0.338 e. The van der Waals surface area contributed by atoms with Crippen LogP contribution in [0.15, 0.2) is 96.2 Å². The third-order valence-corrected chi connectivity index (χ3v) is 7.28. The summed E-state index contributed by atoms with van der Waals surface area (Å²) in [5.41, 5.74) is 8.67. The molecule has 188 valence electrons. The summed E-state index contributed by atoms with van der Waals surface area (Å²) >= 11 is 1.67. The molecule has 7 rings (SSSR count). The van der Waals surface area contributed by atoms with E-state index in [9.17, 15) is 4.79 Å². The van der Waals surface area contributed by atoms with Crippen LogP contribution in [-0.4, -0.2) is 36.0 Å². The molecule has 0 radical (unpaired) electrons. The Morgan fingerprint density at radius 3 is 2.64 bits per heavy atom. The Labute approximate surface area is 226 Å². The first-order valence-corrected chi connectivity index (χ1v) is 13.3. The molecule has 6 heterocycles. The Balaban J connectivity index is 1.21. The molecule has 0 saturated carbocycles. The molecule has 8 nitrogen and oxygen atoms in total. The molecule has 0 spiro atoms. The third kappa shape index (κ3) is 4.45. The van der Waals surface area contributed by atoms with Crippen molar-refractivity contribution in [1.82, 2.24) is 30.1 Å². The van der Waals surface area contributed by atoms with Gasteiger partial charge >= 0.3 is 0 Å². The second-order valence-corrected chi connectivity index (χ2v) is 9.96. The van der Waals surface area contributed by atoms with E-state index in [0.717, 1.165) is 55.6 Å². The lowest BCUT2D eigenvalue weighted by molar-refractivity contribution is -0.115. The number of nitrogens with zero attached hydrogens (tertiary/aromatic N) is 4. The number of H-pyrrole nitrogens is 2. The van der Waals surface area contributed by atoms with Gasteiger partial charge in [-0.15, -0.1) is 0 Å². The van der Waals surface area contributed by atoms with Gasteiger partial charge in [0.05, 0.1) is 24.0 Å². The van der Waals surface area contributed by atoms with Gasteiger partial charge in [0.15, 0.2) is 5.65 Å². The van der Waals surface area contributed by atoms with E-state index < -0.39 is 0 Å². The molecule has 9 heteroatoms. The predicted octanol–water partition coefficient (Wildman–Crippen LogP) is 6.47. The lowest BCUT2D eigenvalue weighted by Crippen LogP contribution is -2.14. The van der Waals surface area contributed by atoms with E-state index in [1.165, 1.54) is 0 Å². The van der Waals surface area contributed by atoms with E-state index in [1.54, 1.807) is 29.9 Å². The van der Waals surface area contributed by atoms with Gasteiger partial charge in [-0.2, -0.15) is 16.4 Å². The number of thiophene rings is 1. The van der Waals surface area contributed by atoms with Crippen LogP contribution in [0.5, 0.6) is 0 Å². The molecule has 0 unspecified atom stereocenters. The predicted molar refractivity (Wildman–Crippen MR) is 154 cm³/mol. The van der Waals surface area contributed by atoms with Crippen molar-refractivity contribution in [2.75, 3.05) is 5.32 Å². The number of carbonyl (C=O) groups excluding carboxylic acids is 1. The summed E-state index contributed by atoms with van der Waals surface area (Å²) in [4.78, 5) is 29.5. The highest BCUT2D eigenvalue weighted by molar-refractivity contribution is 7.08. The van der Waals surface area contributed by atoms with Crippen LogP contribution in [0.1, 0.15) is 5.56 Å². The quantitative estimate of drug-likeness (QED) is 0.229. The Hall–Kier alpha value is -5.15. The molecule has 0 bridgehead atoms. The third-order valence-electron chi connectivity index (χ3n) is 6.60. The number of carbonyl (C=O) groups is 1. The first-order chi connectivity index (χ1) is 19.2. The second-order valence-electron chi connectivity index (χ2n) is 9.18. The van der Waals surface area contributed by atoms with Crippen LogP contribution in [-0.2, 0) is 11.2 Å². The van der Waals surface area contributed by atoms with E-state index in [1.807, 2.05) is 54.7 Å². The first-order valence-electron chi connectivity index (χ1n) is 12.4. The van der Waals surface area contributed by atoms with Crippen LogP contribution in [0.4, 0.5) is 5.69 Å². The number of fused-ring (bicyclic) bond motifs is 2. The van der Waals surface area contributed by atoms with Crippen molar-refractivity contribution in [3.05, 3.63) is 102 Å². The standard InChI is InChI=1S/C30H21N7OS/c38-27(10-18-4-2-1-3-5-18)34-22-11-20(14-31-16-22)21-12-25-28(36-37-30(25)33-15-21)26-13-24-23(19-7-9-39-17-19)6-8-32-29(24)35-26/h1-9,11-17H,10H2,(H,32,35)(H,34,38)(H,33,36,37). The monoisotopic (exact) mass is 527 g/mol. The zero-order chi connectivity index (χ0) is 26.2. The van der Waals surface area contributed by atoms with Crippen molar-refractivity contribution in [1.29, 1.82) is 0 Å². The molecule has 1 amide bonds. The topological polar surface area (TPSA) is 112 Å². The fourth-order valence-electron chi connectivity index (χ4n) is 4.74. The fraction of sp³-hybridized carbons (Fsp3) is 0.0333. The van der Waals surface area contributed by atoms with Crippen LogP contribution in [0.3, 0.4) is 0 Å². The van der Waals surface area contributed by atoms with E-state index >= 15 is 0 Å². The number of rotatable bonds is 6. The van der Waals surface area contributed by atoms with E-state index in [-0.39, 0.29) is 5.91 Å². The van der Waals surface area contributed by atoms with E-state index in [0.29, 0.717) is 17.8 Å². The summed E-state index contributed by atoms with van der Waals surface area (Å²) in [7, 11) is 0. The molecule has 0 atom stereocenters. The molecule has 7 aromatic rings. The summed E-state index contributed by atoms with van der Waals surface area (Å²) < 4.78 is 0. The Bertz CT molecular complexity index is 1940. The molecule has 6 aromatic heterocycles. The van der Waals surface area contributed by atoms with Crippen molar-refractivity contribution >= 4 is 45.0 Å². The first kappa shape index (κ1) is 23.0. The number of anilines is 1. The number of benzene rings is 1. The van der Waals surface area contributed by atoms with Gasteiger partial charge in [0.1, 0.15) is 11.3 Å². The van der Waals surface area contributed by atoms with Crippen molar-refractivity contribution in [2.24, 2.45) is 0 Å². The number of hydrogen-bond donors (Lipinski definition) is 3. The molecule has 39 heavy (non-hydrogen) atoms. The van der Waals surface area contributed by atoms with Gasteiger partial charge in [-0.1, -0.05) is 30.3 Å². The maximum atomic E-state index is 12.6. The van der Waals surface area contributed by atoms with Crippen LogP contribution in [0.25, 0.3) is 55.7 Å². The minimum atomic E-state index is -0.0971. The van der Waals surface area contributed by atoms with Gasteiger partial charge in [0, 0.05) is 40.5 Å². The van der Waals surface area contributed by atoms with E-state index in [4.69, 9.17) is 0 Å². The van der Waals surface area contributed by atoms with Crippen LogP contribution in [0, 0.1) is 0 Å². The summed E-state index contributed by atoms with van der Waals surface area (Å²) in [6.45, 7) is 0. The molecule has 0 aliphatic rings. The SMILES string of the molecule is O=C(Cc1ccccc1)Nc1cncc(-c2cnc3[nH]nc(-c4cc5c(-c6ccsc6)ccnc5[nH]4)c3c2)c1. The van der Waals surface area contributed by atoms with Crippen molar-refractivity contribution in [3.63, 3.8) is 0 Å². The molecule has 0 aliphatic heterocycles. The summed E-state index contributed by atoms with van der Waals surface area (Å²) in [6.07, 6.45) is 7.29. The zero-order valence-corrected chi connectivity index (χ0v) is 21.4. The van der Waals surface area contributed by atoms with Crippen molar-refractivity contribution in [3.8, 4) is 33.6 Å². The minimum absolute atomic E-state index is 0.0971. The van der Waals surface area contributed by atoms with Gasteiger partial charge in [0.2, 0.25) is 5.91 Å². The summed E-state index contributed by atoms with van der Waals surface area (Å²) in [5.74, 6) is -0.0971. The van der Waals surface area contributed by atoms with Crippen LogP contribution < -0.4 is 5.32 Å². The normalized spacial score (nSPS) is 11.3. The lowest BCUT2D eigenvalue weighted by Gasteiger charge is -2.07. The second kappa shape index (κ2) is 9.62. The van der Waals surface area contributed by atoms with Crippen LogP contribution >= 0.6 is 11.3 Å².